The molecule has 0 saturated heterocycles. The number of unbranched alkanes of at least 4 members (excludes halogenated alkanes) is 1. The normalized spacial score (nSPS) is 15.0. The zero-order valence-corrected chi connectivity index (χ0v) is 17.5. The van der Waals surface area contributed by atoms with E-state index in [9.17, 15) is 14.7 Å². The SMILES string of the molecule is CCCCOC(=O)c1[nH]c(=O)c2cc(OC3=COC(Cc4ccccc4)O3)ccc2c1O. The van der Waals surface area contributed by atoms with Crippen LogP contribution in [0.15, 0.2) is 65.5 Å². The van der Waals surface area contributed by atoms with E-state index in [0.29, 0.717) is 18.6 Å². The van der Waals surface area contributed by atoms with Crippen LogP contribution in [0.25, 0.3) is 10.8 Å². The van der Waals surface area contributed by atoms with E-state index in [1.54, 1.807) is 6.07 Å². The first-order valence-corrected chi connectivity index (χ1v) is 10.4. The minimum Gasteiger partial charge on any atom is -0.505 e. The fourth-order valence-corrected chi connectivity index (χ4v) is 3.26. The Balaban J connectivity index is 1.47. The highest BCUT2D eigenvalue weighted by Gasteiger charge is 2.23. The third kappa shape index (κ3) is 4.69. The lowest BCUT2D eigenvalue weighted by molar-refractivity contribution is -0.0519. The number of pyridine rings is 1. The van der Waals surface area contributed by atoms with Gasteiger partial charge in [0.05, 0.1) is 12.0 Å². The Hall–Kier alpha value is -3.94. The van der Waals surface area contributed by atoms with Crippen molar-refractivity contribution in [1.82, 2.24) is 4.98 Å². The summed E-state index contributed by atoms with van der Waals surface area (Å²) in [6.45, 7) is 2.18. The Bertz CT molecular complexity index is 1200. The average molecular weight is 437 g/mol. The lowest BCUT2D eigenvalue weighted by Crippen LogP contribution is -2.16. The number of rotatable bonds is 8. The quantitative estimate of drug-likeness (QED) is 0.405. The van der Waals surface area contributed by atoms with E-state index in [4.69, 9.17) is 18.9 Å². The second-order valence-electron chi connectivity index (χ2n) is 7.29. The summed E-state index contributed by atoms with van der Waals surface area (Å²) < 4.78 is 21.9. The molecule has 4 rings (SSSR count). The van der Waals surface area contributed by atoms with Crippen LogP contribution in [-0.2, 0) is 20.6 Å². The molecule has 0 amide bonds. The molecule has 0 fully saturated rings. The first-order valence-electron chi connectivity index (χ1n) is 10.4. The van der Waals surface area contributed by atoms with Gasteiger partial charge < -0.3 is 29.0 Å². The van der Waals surface area contributed by atoms with Crippen LogP contribution in [0.2, 0.25) is 0 Å². The van der Waals surface area contributed by atoms with E-state index in [1.807, 2.05) is 37.3 Å². The summed E-state index contributed by atoms with van der Waals surface area (Å²) in [5, 5.41) is 10.9. The number of carbonyl (C=O) groups is 1. The number of fused-ring (bicyclic) bond motifs is 1. The molecule has 1 aromatic heterocycles. The molecular weight excluding hydrogens is 414 g/mol. The summed E-state index contributed by atoms with van der Waals surface area (Å²) in [5.74, 6) is -0.658. The number of carbonyl (C=O) groups excluding carboxylic acids is 1. The summed E-state index contributed by atoms with van der Waals surface area (Å²) in [7, 11) is 0. The van der Waals surface area contributed by atoms with Crippen LogP contribution in [0.1, 0.15) is 35.8 Å². The molecule has 8 heteroatoms. The fourth-order valence-electron chi connectivity index (χ4n) is 3.26. The van der Waals surface area contributed by atoms with Gasteiger partial charge in [0.25, 0.3) is 5.56 Å². The molecule has 3 aromatic rings. The van der Waals surface area contributed by atoms with Crippen molar-refractivity contribution in [1.29, 1.82) is 0 Å². The van der Waals surface area contributed by atoms with Crippen molar-refractivity contribution in [2.75, 3.05) is 6.61 Å². The summed E-state index contributed by atoms with van der Waals surface area (Å²) in [5.41, 5.74) is 0.236. The third-order valence-electron chi connectivity index (χ3n) is 4.93. The minimum absolute atomic E-state index is 0.155. The number of aromatic amines is 1. The van der Waals surface area contributed by atoms with E-state index in [1.165, 1.54) is 18.4 Å². The van der Waals surface area contributed by atoms with Gasteiger partial charge in [0.1, 0.15) is 5.75 Å². The van der Waals surface area contributed by atoms with Crippen LogP contribution in [0, 0.1) is 0 Å². The maximum atomic E-state index is 12.5. The number of aromatic hydroxyl groups is 1. The molecule has 0 aliphatic carbocycles. The highest BCUT2D eigenvalue weighted by molar-refractivity contribution is 5.99. The van der Waals surface area contributed by atoms with Gasteiger partial charge in [0, 0.05) is 11.8 Å². The van der Waals surface area contributed by atoms with Gasteiger partial charge in [-0.15, -0.1) is 0 Å². The van der Waals surface area contributed by atoms with Crippen LogP contribution in [0.3, 0.4) is 0 Å². The van der Waals surface area contributed by atoms with Gasteiger partial charge in [-0.1, -0.05) is 43.7 Å². The number of benzene rings is 2. The van der Waals surface area contributed by atoms with Crippen LogP contribution >= 0.6 is 0 Å². The minimum atomic E-state index is -0.776. The number of nitrogens with one attached hydrogen (secondary N) is 1. The van der Waals surface area contributed by atoms with Crippen molar-refractivity contribution in [2.45, 2.75) is 32.5 Å². The smallest absolute Gasteiger partial charge is 0.358 e. The van der Waals surface area contributed by atoms with E-state index < -0.39 is 17.8 Å². The molecule has 1 unspecified atom stereocenters. The molecule has 0 radical (unpaired) electrons. The molecule has 0 spiro atoms. The van der Waals surface area contributed by atoms with Gasteiger partial charge in [-0.3, -0.25) is 4.79 Å². The Morgan fingerprint density at radius 1 is 1.16 bits per heavy atom. The molecule has 1 atom stereocenters. The average Bonchev–Trinajstić information content (AvgIpc) is 3.23. The number of ether oxygens (including phenoxy) is 4. The van der Waals surface area contributed by atoms with Gasteiger partial charge in [-0.05, 0) is 30.2 Å². The molecule has 0 bridgehead atoms. The van der Waals surface area contributed by atoms with Gasteiger partial charge in [0.15, 0.2) is 17.7 Å². The van der Waals surface area contributed by atoms with Crippen LogP contribution in [0.4, 0.5) is 0 Å². The largest absolute Gasteiger partial charge is 0.505 e. The molecule has 8 nitrogen and oxygen atoms in total. The van der Waals surface area contributed by atoms with E-state index >= 15 is 0 Å². The topological polar surface area (TPSA) is 107 Å². The standard InChI is InChI=1S/C24H23NO7/c1-2-3-11-29-24(28)21-22(26)17-10-9-16(13-18(17)23(27)25-21)31-20-14-30-19(32-20)12-15-7-5-4-6-8-15/h4-10,13-14,19,26H,2-3,11-12H2,1H3,(H,25,27). The van der Waals surface area contributed by atoms with Crippen molar-refractivity contribution in [3.63, 3.8) is 0 Å². The highest BCUT2D eigenvalue weighted by atomic mass is 16.8. The summed E-state index contributed by atoms with van der Waals surface area (Å²) in [4.78, 5) is 27.1. The van der Waals surface area contributed by atoms with Crippen molar-refractivity contribution in [3.8, 4) is 11.5 Å². The van der Waals surface area contributed by atoms with Gasteiger partial charge >= 0.3 is 11.9 Å². The molecule has 2 N–H and O–H groups in total. The van der Waals surface area contributed by atoms with Crippen LogP contribution < -0.4 is 10.3 Å². The van der Waals surface area contributed by atoms with Crippen LogP contribution in [0.5, 0.6) is 11.5 Å². The number of esters is 1. The molecule has 166 valence electrons. The molecule has 32 heavy (non-hydrogen) atoms. The fraction of sp³-hybridized carbons (Fsp3) is 0.250. The first-order chi connectivity index (χ1) is 15.5. The molecule has 1 aliphatic rings. The lowest BCUT2D eigenvalue weighted by Gasteiger charge is -2.12. The van der Waals surface area contributed by atoms with E-state index in [0.717, 1.165) is 12.0 Å². The lowest BCUT2D eigenvalue weighted by atomic mass is 10.1. The van der Waals surface area contributed by atoms with Crippen LogP contribution in [-0.4, -0.2) is 29.0 Å². The molecule has 2 aromatic carbocycles. The zero-order chi connectivity index (χ0) is 22.5. The Kier molecular flexibility index (Phi) is 6.30. The number of hydrogen-bond donors (Lipinski definition) is 2. The monoisotopic (exact) mass is 437 g/mol. The molecule has 0 saturated carbocycles. The van der Waals surface area contributed by atoms with Gasteiger partial charge in [0.2, 0.25) is 6.29 Å². The number of hydrogen-bond acceptors (Lipinski definition) is 7. The second kappa shape index (κ2) is 9.47. The van der Waals surface area contributed by atoms with E-state index in [2.05, 4.69) is 4.98 Å². The summed E-state index contributed by atoms with van der Waals surface area (Å²) >= 11 is 0. The maximum Gasteiger partial charge on any atom is 0.358 e. The van der Waals surface area contributed by atoms with E-state index in [-0.39, 0.29) is 34.8 Å². The zero-order valence-electron chi connectivity index (χ0n) is 17.5. The predicted molar refractivity (Wildman–Crippen MR) is 116 cm³/mol. The van der Waals surface area contributed by atoms with Crippen molar-refractivity contribution >= 4 is 16.7 Å². The Morgan fingerprint density at radius 2 is 1.97 bits per heavy atom. The second-order valence-corrected chi connectivity index (χ2v) is 7.29. The molecular formula is C24H23NO7. The molecule has 2 heterocycles. The Labute approximate surface area is 184 Å². The number of H-pyrrole nitrogens is 1. The molecule has 1 aliphatic heterocycles. The first kappa shape index (κ1) is 21.3. The summed E-state index contributed by atoms with van der Waals surface area (Å²) in [6.07, 6.45) is 2.95. The maximum absolute atomic E-state index is 12.5. The summed E-state index contributed by atoms with van der Waals surface area (Å²) in [6, 6.07) is 14.3. The van der Waals surface area contributed by atoms with Crippen molar-refractivity contribution < 1.29 is 28.8 Å². The number of aromatic nitrogens is 1. The van der Waals surface area contributed by atoms with Gasteiger partial charge in [-0.2, -0.15) is 0 Å². The third-order valence-corrected chi connectivity index (χ3v) is 4.93. The highest BCUT2D eigenvalue weighted by Crippen LogP contribution is 2.30. The van der Waals surface area contributed by atoms with Gasteiger partial charge in [-0.25, -0.2) is 4.79 Å². The predicted octanol–water partition coefficient (Wildman–Crippen LogP) is 3.98. The Morgan fingerprint density at radius 3 is 2.75 bits per heavy atom. The van der Waals surface area contributed by atoms with Crippen molar-refractivity contribution in [3.05, 3.63) is 82.3 Å². The van der Waals surface area contributed by atoms with Crippen molar-refractivity contribution in [2.24, 2.45) is 0 Å².